The third kappa shape index (κ3) is 3.31. The van der Waals surface area contributed by atoms with Gasteiger partial charge in [0, 0.05) is 11.0 Å². The van der Waals surface area contributed by atoms with Crippen molar-refractivity contribution in [2.75, 3.05) is 6.61 Å². The number of fused-ring (bicyclic) bond motifs is 7. The van der Waals surface area contributed by atoms with Crippen LogP contribution in [0.4, 0.5) is 0 Å². The summed E-state index contributed by atoms with van der Waals surface area (Å²) in [4.78, 5) is 25.2. The van der Waals surface area contributed by atoms with Crippen LogP contribution in [0.25, 0.3) is 0 Å². The van der Waals surface area contributed by atoms with E-state index in [1.807, 2.05) is 13.8 Å². The Morgan fingerprint density at radius 3 is 2.42 bits per heavy atom. The van der Waals surface area contributed by atoms with Gasteiger partial charge in [-0.2, -0.15) is 0 Å². The van der Waals surface area contributed by atoms with Crippen molar-refractivity contribution in [2.24, 2.45) is 33.0 Å². The van der Waals surface area contributed by atoms with Crippen LogP contribution in [0.15, 0.2) is 46.3 Å². The summed E-state index contributed by atoms with van der Waals surface area (Å²) in [6.45, 7) is 16.3. The number of hydrogen-bond acceptors (Lipinski definition) is 4. The van der Waals surface area contributed by atoms with E-state index in [1.165, 1.54) is 18.4 Å². The van der Waals surface area contributed by atoms with Crippen molar-refractivity contribution in [1.29, 1.82) is 0 Å². The molecular weight excluding hydrogens is 448 g/mol. The SMILES string of the molecule is CCOC(=O)C[C@]1(C)CC[C@]2(C)CC[C@]3(C)C4=CC=C5C(=CC(=O)C(O)=C5C)[C@]4(C)CC[C@@]3(C)[C@@H]2C1. The molecule has 5 rings (SSSR count). The van der Waals surface area contributed by atoms with Gasteiger partial charge in [-0.25, -0.2) is 0 Å². The first kappa shape index (κ1) is 25.5. The van der Waals surface area contributed by atoms with Gasteiger partial charge in [0.1, 0.15) is 0 Å². The predicted molar refractivity (Wildman–Crippen MR) is 142 cm³/mol. The van der Waals surface area contributed by atoms with Crippen molar-refractivity contribution in [3.63, 3.8) is 0 Å². The average molecular weight is 493 g/mol. The van der Waals surface area contributed by atoms with Gasteiger partial charge < -0.3 is 9.84 Å². The quantitative estimate of drug-likeness (QED) is 0.413. The van der Waals surface area contributed by atoms with Gasteiger partial charge in [-0.05, 0) is 104 Å². The number of esters is 1. The van der Waals surface area contributed by atoms with Crippen LogP contribution in [0, 0.1) is 33.0 Å². The molecule has 6 atom stereocenters. The predicted octanol–water partition coefficient (Wildman–Crippen LogP) is 7.57. The first-order valence-corrected chi connectivity index (χ1v) is 14.0. The molecule has 3 saturated carbocycles. The summed E-state index contributed by atoms with van der Waals surface area (Å²) < 4.78 is 5.37. The summed E-state index contributed by atoms with van der Waals surface area (Å²) in [7, 11) is 0. The maximum absolute atomic E-state index is 12.7. The van der Waals surface area contributed by atoms with Crippen molar-refractivity contribution in [1.82, 2.24) is 0 Å². The van der Waals surface area contributed by atoms with Gasteiger partial charge >= 0.3 is 5.97 Å². The summed E-state index contributed by atoms with van der Waals surface area (Å²) in [5.74, 6) is 0.0878. The Labute approximate surface area is 216 Å². The Balaban J connectivity index is 1.56. The number of carbonyl (C=O) groups is 2. The topological polar surface area (TPSA) is 63.6 Å². The van der Waals surface area contributed by atoms with Gasteiger partial charge in [0.2, 0.25) is 5.78 Å². The summed E-state index contributed by atoms with van der Waals surface area (Å²) >= 11 is 0. The Morgan fingerprint density at radius 2 is 1.72 bits per heavy atom. The van der Waals surface area contributed by atoms with Gasteiger partial charge in [-0.1, -0.05) is 52.3 Å². The van der Waals surface area contributed by atoms with Crippen molar-refractivity contribution in [3.8, 4) is 0 Å². The third-order valence-corrected chi connectivity index (χ3v) is 11.8. The standard InChI is InChI=1S/C32H44O4/c1-8-36-26(34)19-28(3)11-12-29(4)13-15-31(6)24-10-9-21-20(2)27(35)23(33)17-22(21)30(24,5)14-16-32(31,7)25(29)18-28/h9-10,17,25,35H,8,11-16,18-19H2,1-7H3/t25-,28-,29-,30+,31-,32+/m1/s1. The summed E-state index contributed by atoms with van der Waals surface area (Å²) in [5.41, 5.74) is 4.45. The lowest BCUT2D eigenvalue weighted by molar-refractivity contribution is -0.168. The van der Waals surface area contributed by atoms with E-state index in [2.05, 4.69) is 46.8 Å². The molecule has 5 aliphatic rings. The van der Waals surface area contributed by atoms with Crippen LogP contribution >= 0.6 is 0 Å². The van der Waals surface area contributed by atoms with Crippen LogP contribution in [-0.4, -0.2) is 23.5 Å². The van der Waals surface area contributed by atoms with E-state index in [1.54, 1.807) is 6.08 Å². The molecule has 0 aliphatic heterocycles. The highest BCUT2D eigenvalue weighted by Gasteiger charge is 2.66. The second-order valence-corrected chi connectivity index (χ2v) is 13.8. The zero-order chi connectivity index (χ0) is 26.3. The summed E-state index contributed by atoms with van der Waals surface area (Å²) in [5, 5.41) is 10.3. The van der Waals surface area contributed by atoms with Crippen LogP contribution in [0.5, 0.6) is 0 Å². The van der Waals surface area contributed by atoms with Crippen molar-refractivity contribution >= 4 is 11.8 Å². The smallest absolute Gasteiger partial charge is 0.306 e. The van der Waals surface area contributed by atoms with Crippen molar-refractivity contribution < 1.29 is 19.4 Å². The molecule has 196 valence electrons. The zero-order valence-electron chi connectivity index (χ0n) is 23.3. The van der Waals surface area contributed by atoms with E-state index in [0.717, 1.165) is 43.3 Å². The molecule has 0 amide bonds. The Kier molecular flexibility index (Phi) is 5.64. The first-order chi connectivity index (χ1) is 16.7. The minimum Gasteiger partial charge on any atom is -0.504 e. The van der Waals surface area contributed by atoms with Crippen molar-refractivity contribution in [3.05, 3.63) is 46.3 Å². The molecule has 0 heterocycles. The van der Waals surface area contributed by atoms with Crippen LogP contribution in [0.3, 0.4) is 0 Å². The summed E-state index contributed by atoms with van der Waals surface area (Å²) in [6, 6.07) is 0. The molecule has 4 nitrogen and oxygen atoms in total. The minimum absolute atomic E-state index is 0.00931. The van der Waals surface area contributed by atoms with Gasteiger partial charge in [-0.15, -0.1) is 0 Å². The lowest BCUT2D eigenvalue weighted by atomic mass is 9.34. The second-order valence-electron chi connectivity index (χ2n) is 13.8. The highest BCUT2D eigenvalue weighted by Crippen LogP contribution is 2.75. The molecule has 0 bridgehead atoms. The van der Waals surface area contributed by atoms with Crippen LogP contribution in [-0.2, 0) is 14.3 Å². The molecule has 0 spiro atoms. The molecule has 0 radical (unpaired) electrons. The maximum Gasteiger partial charge on any atom is 0.306 e. The minimum atomic E-state index is -0.265. The van der Waals surface area contributed by atoms with Gasteiger partial charge in [0.05, 0.1) is 13.0 Å². The fraction of sp³-hybridized carbons (Fsp3) is 0.688. The number of aliphatic hydroxyl groups excluding tert-OH is 1. The molecule has 5 aliphatic carbocycles. The molecule has 1 N–H and O–H groups in total. The van der Waals surface area contributed by atoms with E-state index in [0.29, 0.717) is 24.5 Å². The number of allylic oxidation sites excluding steroid dienone is 7. The number of ketones is 1. The number of hydrogen-bond donors (Lipinski definition) is 1. The monoisotopic (exact) mass is 492 g/mol. The van der Waals surface area contributed by atoms with Gasteiger partial charge in [0.25, 0.3) is 0 Å². The zero-order valence-corrected chi connectivity index (χ0v) is 23.3. The van der Waals surface area contributed by atoms with Gasteiger partial charge in [0.15, 0.2) is 5.76 Å². The van der Waals surface area contributed by atoms with E-state index in [-0.39, 0.29) is 44.6 Å². The molecule has 0 aromatic heterocycles. The number of rotatable bonds is 3. The lowest BCUT2D eigenvalue weighted by Crippen LogP contribution is -2.61. The Hall–Kier alpha value is -2.10. The summed E-state index contributed by atoms with van der Waals surface area (Å²) in [6.07, 6.45) is 14.5. The molecule has 36 heavy (non-hydrogen) atoms. The molecule has 0 unspecified atom stereocenters. The molecular formula is C32H44O4. The Morgan fingerprint density at radius 1 is 1.03 bits per heavy atom. The second kappa shape index (κ2) is 7.95. The molecule has 0 aromatic rings. The van der Waals surface area contributed by atoms with E-state index in [4.69, 9.17) is 4.74 Å². The third-order valence-electron chi connectivity index (χ3n) is 11.8. The highest BCUT2D eigenvalue weighted by molar-refractivity contribution is 6.06. The molecule has 3 fully saturated rings. The van der Waals surface area contributed by atoms with Crippen LogP contribution in [0.1, 0.15) is 99.8 Å². The van der Waals surface area contributed by atoms with E-state index < -0.39 is 0 Å². The number of carbonyl (C=O) groups excluding carboxylic acids is 2. The fourth-order valence-corrected chi connectivity index (χ4v) is 9.25. The number of aliphatic hydroxyl groups is 1. The molecule has 0 aromatic carbocycles. The molecule has 0 saturated heterocycles. The van der Waals surface area contributed by atoms with Gasteiger partial charge in [-0.3, -0.25) is 9.59 Å². The molecule has 4 heteroatoms. The lowest BCUT2D eigenvalue weighted by Gasteiger charge is -2.70. The average Bonchev–Trinajstić information content (AvgIpc) is 2.81. The van der Waals surface area contributed by atoms with E-state index >= 15 is 0 Å². The van der Waals surface area contributed by atoms with Crippen molar-refractivity contribution in [2.45, 2.75) is 99.8 Å². The number of ether oxygens (including phenoxy) is 1. The van der Waals surface area contributed by atoms with Crippen LogP contribution in [0.2, 0.25) is 0 Å². The highest BCUT2D eigenvalue weighted by atomic mass is 16.5. The largest absolute Gasteiger partial charge is 0.504 e. The van der Waals surface area contributed by atoms with Crippen LogP contribution < -0.4 is 0 Å². The normalized spacial score (nSPS) is 43.8. The first-order valence-electron chi connectivity index (χ1n) is 14.0. The maximum atomic E-state index is 12.7. The Bertz CT molecular complexity index is 1150. The fourth-order valence-electron chi connectivity index (χ4n) is 9.25. The van der Waals surface area contributed by atoms with E-state index in [9.17, 15) is 14.7 Å².